The molecule has 4 aromatic heterocycles. The van der Waals surface area contributed by atoms with E-state index in [-0.39, 0.29) is 40.7 Å². The van der Waals surface area contributed by atoms with Crippen molar-refractivity contribution in [1.29, 1.82) is 0 Å². The maximum atomic E-state index is 15.0. The van der Waals surface area contributed by atoms with Gasteiger partial charge in [-0.25, -0.2) is 32.3 Å². The van der Waals surface area contributed by atoms with Crippen LogP contribution in [0.3, 0.4) is 0 Å². The zero-order valence-electron chi connectivity index (χ0n) is 45.0. The van der Waals surface area contributed by atoms with Crippen LogP contribution in [0.1, 0.15) is 85.2 Å². The summed E-state index contributed by atoms with van der Waals surface area (Å²) in [6, 6.07) is 22.5. The quantitative estimate of drug-likeness (QED) is 0.0393. The van der Waals surface area contributed by atoms with E-state index in [4.69, 9.17) is 4.98 Å². The van der Waals surface area contributed by atoms with E-state index in [2.05, 4.69) is 68.4 Å². The number of aryl methyl sites for hydroxylation is 2. The normalized spacial score (nSPS) is 12.3. The third-order valence-corrected chi connectivity index (χ3v) is 13.9. The molecule has 4 N–H and O–H groups in total. The van der Waals surface area contributed by atoms with Gasteiger partial charge in [-0.05, 0) is 151 Å². The molecule has 4 heterocycles. The Morgan fingerprint density at radius 3 is 1.38 bits per heavy atom. The Bertz CT molecular complexity index is 3630. The Morgan fingerprint density at radius 1 is 0.582 bits per heavy atom. The van der Waals surface area contributed by atoms with Gasteiger partial charge >= 0.3 is 5.97 Å². The Balaban J connectivity index is 0.000000209. The lowest BCUT2D eigenvalue weighted by Gasteiger charge is -2.18. The summed E-state index contributed by atoms with van der Waals surface area (Å²) in [5.74, 6) is -4.52. The molecule has 1 aliphatic rings. The molecule has 1 fully saturated rings. The van der Waals surface area contributed by atoms with Crippen molar-refractivity contribution in [2.24, 2.45) is 0 Å². The van der Waals surface area contributed by atoms with Gasteiger partial charge in [0.25, 0.3) is 17.0 Å². The molecule has 0 saturated heterocycles. The van der Waals surface area contributed by atoms with Crippen LogP contribution in [-0.4, -0.2) is 114 Å². The number of fused-ring (bicyclic) bond motifs is 2. The molecule has 0 atom stereocenters. The van der Waals surface area contributed by atoms with Crippen LogP contribution in [0.4, 0.5) is 29.5 Å². The molecule has 1 amide bonds. The van der Waals surface area contributed by atoms with E-state index in [9.17, 15) is 41.8 Å². The molecule has 0 spiro atoms. The minimum absolute atomic E-state index is 0.00197. The summed E-state index contributed by atoms with van der Waals surface area (Å²) in [5, 5.41) is 19.7. The van der Waals surface area contributed by atoms with E-state index in [1.807, 2.05) is 13.0 Å². The van der Waals surface area contributed by atoms with Gasteiger partial charge in [0, 0.05) is 58.7 Å². The molecule has 0 radical (unpaired) electrons. The number of carbonyl (C=O) groups is 2. The summed E-state index contributed by atoms with van der Waals surface area (Å²) in [7, 11) is 0. The number of nitrogens with one attached hydrogen (secondary N) is 3. The summed E-state index contributed by atoms with van der Waals surface area (Å²) in [6.07, 6.45) is 3.54. The molecule has 0 aliphatic heterocycles. The highest BCUT2D eigenvalue weighted by molar-refractivity contribution is 5.99. The molecule has 16 nitrogen and oxygen atoms in total. The predicted octanol–water partition coefficient (Wildman–Crippen LogP) is 9.95. The molecule has 4 aromatic carbocycles. The van der Waals surface area contributed by atoms with Gasteiger partial charge < -0.3 is 30.9 Å². The molecule has 1 saturated carbocycles. The zero-order valence-corrected chi connectivity index (χ0v) is 45.0. The molecule has 20 heteroatoms. The number of hydrogen-bond donors (Lipinski definition) is 4. The van der Waals surface area contributed by atoms with Gasteiger partial charge in [0.1, 0.15) is 34.6 Å². The van der Waals surface area contributed by atoms with E-state index in [0.29, 0.717) is 51.9 Å². The fourth-order valence-corrected chi connectivity index (χ4v) is 9.25. The largest absolute Gasteiger partial charge is 0.478 e. The van der Waals surface area contributed by atoms with Gasteiger partial charge in [0.05, 0.1) is 17.0 Å². The molecule has 1 aliphatic carbocycles. The number of benzene rings is 4. The minimum atomic E-state index is -1.11. The average molecular weight is 1080 g/mol. The highest BCUT2D eigenvalue weighted by Crippen LogP contribution is 2.34. The maximum Gasteiger partial charge on any atom is 0.335 e. The second-order valence-electron chi connectivity index (χ2n) is 19.1. The van der Waals surface area contributed by atoms with Crippen LogP contribution in [0, 0.1) is 37.1 Å². The van der Waals surface area contributed by atoms with Crippen LogP contribution in [0.5, 0.6) is 0 Å². The van der Waals surface area contributed by atoms with Crippen molar-refractivity contribution >= 4 is 45.8 Å². The minimum Gasteiger partial charge on any atom is -0.478 e. The lowest BCUT2D eigenvalue weighted by molar-refractivity contribution is 0.0696. The number of para-hydroxylation sites is 2. The summed E-state index contributed by atoms with van der Waals surface area (Å²) in [4.78, 5) is 73.8. The van der Waals surface area contributed by atoms with E-state index >= 15 is 0 Å². The van der Waals surface area contributed by atoms with Gasteiger partial charge in [-0.3, -0.25) is 23.5 Å². The zero-order chi connectivity index (χ0) is 56.5. The third-order valence-electron chi connectivity index (χ3n) is 13.9. The number of carboxylic acids is 1. The van der Waals surface area contributed by atoms with Crippen LogP contribution in [-0.2, 0) is 0 Å². The van der Waals surface area contributed by atoms with Crippen molar-refractivity contribution in [3.8, 4) is 33.9 Å². The van der Waals surface area contributed by atoms with Crippen molar-refractivity contribution in [3.63, 3.8) is 0 Å². The first kappa shape index (κ1) is 56.8. The number of nitrogens with zero attached hydrogens (tertiary/aromatic N) is 8. The first-order chi connectivity index (χ1) is 38.0. The SMILES string of the molecule is CCN(CC)CCCNc1nc(-c2cc(C(=O)NC3CC3)ccc2C)c2ccc(=O)n(-c3c(F)cccc3F)c2n1.CCN(CC)CCCNc1nc(-c2cc(C(=O)O)ccc2C)c2ccc(=O)n(-c3c(F)cccc3F)c2n1. The number of anilines is 2. The molecule has 0 bridgehead atoms. The Hall–Kier alpha value is -8.36. The van der Waals surface area contributed by atoms with E-state index in [0.717, 1.165) is 109 Å². The lowest BCUT2D eigenvalue weighted by atomic mass is 9.99. The lowest BCUT2D eigenvalue weighted by Crippen LogP contribution is -2.26. The first-order valence-corrected chi connectivity index (χ1v) is 26.5. The van der Waals surface area contributed by atoms with E-state index < -0.39 is 51.7 Å². The molecule has 79 heavy (non-hydrogen) atoms. The summed E-state index contributed by atoms with van der Waals surface area (Å²) in [6.45, 7) is 18.6. The molecule has 0 unspecified atom stereocenters. The second-order valence-corrected chi connectivity index (χ2v) is 19.1. The monoisotopic (exact) mass is 1080 g/mol. The first-order valence-electron chi connectivity index (χ1n) is 26.5. The average Bonchev–Trinajstić information content (AvgIpc) is 4.41. The van der Waals surface area contributed by atoms with E-state index in [1.165, 1.54) is 42.5 Å². The summed E-state index contributed by atoms with van der Waals surface area (Å²) in [5.41, 5.74) is 1.77. The number of aromatic carboxylic acids is 1. The van der Waals surface area contributed by atoms with E-state index in [1.54, 1.807) is 31.2 Å². The Labute approximate surface area is 454 Å². The fourth-order valence-electron chi connectivity index (χ4n) is 9.25. The smallest absolute Gasteiger partial charge is 0.335 e. The van der Waals surface area contributed by atoms with Crippen molar-refractivity contribution in [3.05, 3.63) is 163 Å². The van der Waals surface area contributed by atoms with Gasteiger partial charge in [-0.1, -0.05) is 52.0 Å². The van der Waals surface area contributed by atoms with Crippen molar-refractivity contribution in [2.45, 2.75) is 73.3 Å². The highest BCUT2D eigenvalue weighted by atomic mass is 19.1. The number of aromatic nitrogens is 6. The predicted molar refractivity (Wildman–Crippen MR) is 300 cm³/mol. The second kappa shape index (κ2) is 25.4. The summed E-state index contributed by atoms with van der Waals surface area (Å²) >= 11 is 0. The van der Waals surface area contributed by atoms with Crippen LogP contribution in [0.15, 0.2) is 107 Å². The fraction of sp³-hybridized carbons (Fsp3) is 0.322. The van der Waals surface area contributed by atoms with Gasteiger partial charge in [-0.15, -0.1) is 0 Å². The number of hydrogen-bond acceptors (Lipinski definition) is 12. The maximum absolute atomic E-state index is 15.0. The van der Waals surface area contributed by atoms with Crippen LogP contribution in [0.25, 0.3) is 56.0 Å². The number of halogens is 4. The van der Waals surface area contributed by atoms with Crippen LogP contribution >= 0.6 is 0 Å². The number of amides is 1. The van der Waals surface area contributed by atoms with Gasteiger partial charge in [0.15, 0.2) is 11.3 Å². The van der Waals surface area contributed by atoms with Gasteiger partial charge in [-0.2, -0.15) is 9.97 Å². The number of rotatable bonds is 21. The summed E-state index contributed by atoms with van der Waals surface area (Å²) < 4.78 is 61.4. The molecule has 8 aromatic rings. The Kier molecular flexibility index (Phi) is 18.3. The van der Waals surface area contributed by atoms with Gasteiger partial charge in [0.2, 0.25) is 11.9 Å². The standard InChI is InChI=1S/C31H34F2N6O2.C28H29F2N5O3/c1-4-38(5-2)17-7-16-34-31-36-27(23-18-20(11-10-19(23)3)30(41)35-21-12-13-21)22-14-15-26(40)39(29(22)37-31)28-24(32)8-6-9-25(28)33;1-4-34(5-2)15-7-14-31-28-32-24(20-16-18(27(37)38)11-10-17(20)3)19-12-13-23(36)35(26(19)33-28)25-21(29)8-6-9-22(25)30/h6,8-11,14-15,18,21H,4-5,7,12-13,16-17H2,1-3H3,(H,35,41)(H,34,36,37);6,8-13,16H,4-5,7,14-15H2,1-3H3,(H,37,38)(H,31,32,33). The van der Waals surface area contributed by atoms with Crippen LogP contribution < -0.4 is 27.1 Å². The van der Waals surface area contributed by atoms with Crippen molar-refractivity contribution < 1.29 is 32.3 Å². The molecule has 9 rings (SSSR count). The third kappa shape index (κ3) is 13.0. The van der Waals surface area contributed by atoms with Crippen molar-refractivity contribution in [2.75, 3.05) is 63.0 Å². The number of carbonyl (C=O) groups excluding carboxylic acids is 1. The number of carboxylic acid groups (broad SMARTS) is 1. The van der Waals surface area contributed by atoms with Crippen LogP contribution in [0.2, 0.25) is 0 Å². The Morgan fingerprint density at radius 2 is 0.987 bits per heavy atom. The topological polar surface area (TPSA) is 192 Å². The molecular weight excluding hydrogens is 1020 g/mol. The van der Waals surface area contributed by atoms with Crippen molar-refractivity contribution in [1.82, 2.24) is 44.2 Å². The number of pyridine rings is 2. The molecule has 412 valence electrons. The highest BCUT2D eigenvalue weighted by Gasteiger charge is 2.26. The molecular formula is C59H63F4N11O5.